The Labute approximate surface area is 90.6 Å². The molecule has 1 aromatic heterocycles. The zero-order valence-corrected chi connectivity index (χ0v) is 10.3. The third-order valence-electron chi connectivity index (χ3n) is 2.82. The minimum absolute atomic E-state index is 0.272. The first-order valence-corrected chi connectivity index (χ1v) is 6.59. The minimum Gasteiger partial charge on any atom is -0.472 e. The summed E-state index contributed by atoms with van der Waals surface area (Å²) in [6, 6.07) is 1.50. The molecular weight excluding hydrogens is 214 g/mol. The summed E-state index contributed by atoms with van der Waals surface area (Å²) in [4.78, 5) is 0. The quantitative estimate of drug-likeness (QED) is 0.850. The summed E-state index contributed by atoms with van der Waals surface area (Å²) in [6.07, 6.45) is 4.35. The highest BCUT2D eigenvalue weighted by Gasteiger charge is 2.39. The highest BCUT2D eigenvalue weighted by molar-refractivity contribution is 7.92. The van der Waals surface area contributed by atoms with E-state index in [9.17, 15) is 8.42 Å². The van der Waals surface area contributed by atoms with Crippen LogP contribution in [0, 0.1) is 0 Å². The largest absolute Gasteiger partial charge is 0.472 e. The molecule has 15 heavy (non-hydrogen) atoms. The molecular formula is C10H17NO3S. The Kier molecular flexibility index (Phi) is 3.25. The van der Waals surface area contributed by atoms with Gasteiger partial charge in [0.2, 0.25) is 0 Å². The maximum Gasteiger partial charge on any atom is 0.154 e. The van der Waals surface area contributed by atoms with Crippen LogP contribution in [0.15, 0.2) is 23.0 Å². The molecule has 0 radical (unpaired) electrons. The molecule has 0 fully saturated rings. The first-order valence-electron chi connectivity index (χ1n) is 4.69. The monoisotopic (exact) mass is 231 g/mol. The van der Waals surface area contributed by atoms with Crippen molar-refractivity contribution >= 4 is 9.84 Å². The lowest BCUT2D eigenvalue weighted by atomic mass is 9.98. The highest BCUT2D eigenvalue weighted by Crippen LogP contribution is 2.31. The zero-order chi connectivity index (χ0) is 11.7. The standard InChI is InChI=1S/C10H17NO3S/c1-10(2,15(4,12)13)9(11-3)8-5-6-14-7-8/h5-7,9,11H,1-4H3. The second-order valence-corrected chi connectivity index (χ2v) is 6.75. The van der Waals surface area contributed by atoms with Crippen LogP contribution in [0.1, 0.15) is 25.5 Å². The summed E-state index contributed by atoms with van der Waals surface area (Å²) in [7, 11) is -1.40. The molecule has 0 bridgehead atoms. The Hall–Kier alpha value is -0.810. The number of sulfone groups is 1. The van der Waals surface area contributed by atoms with E-state index in [2.05, 4.69) is 5.32 Å². The molecule has 1 aromatic rings. The molecule has 0 aliphatic heterocycles. The summed E-state index contributed by atoms with van der Waals surface area (Å²) < 4.78 is 27.5. The summed E-state index contributed by atoms with van der Waals surface area (Å²) in [5, 5.41) is 3.01. The predicted molar refractivity (Wildman–Crippen MR) is 59.4 cm³/mol. The van der Waals surface area contributed by atoms with E-state index in [4.69, 9.17) is 4.42 Å². The van der Waals surface area contributed by atoms with Crippen LogP contribution < -0.4 is 5.32 Å². The van der Waals surface area contributed by atoms with Gasteiger partial charge in [-0.2, -0.15) is 0 Å². The number of furan rings is 1. The third kappa shape index (κ3) is 2.23. The van der Waals surface area contributed by atoms with E-state index in [0.29, 0.717) is 0 Å². The van der Waals surface area contributed by atoms with Gasteiger partial charge in [-0.25, -0.2) is 8.42 Å². The van der Waals surface area contributed by atoms with Crippen molar-refractivity contribution in [2.45, 2.75) is 24.6 Å². The van der Waals surface area contributed by atoms with Crippen LogP contribution in [0.25, 0.3) is 0 Å². The second-order valence-electron chi connectivity index (χ2n) is 4.15. The molecule has 0 aliphatic carbocycles. The van der Waals surface area contributed by atoms with Crippen molar-refractivity contribution < 1.29 is 12.8 Å². The van der Waals surface area contributed by atoms with E-state index in [0.717, 1.165) is 5.56 Å². The summed E-state index contributed by atoms with van der Waals surface area (Å²) in [5.74, 6) is 0. The molecule has 1 N–H and O–H groups in total. The van der Waals surface area contributed by atoms with Crippen LogP contribution in [0.3, 0.4) is 0 Å². The molecule has 0 aromatic carbocycles. The van der Waals surface area contributed by atoms with Crippen LogP contribution in [-0.4, -0.2) is 26.5 Å². The molecule has 0 aliphatic rings. The first kappa shape index (κ1) is 12.3. The molecule has 1 unspecified atom stereocenters. The van der Waals surface area contributed by atoms with E-state index < -0.39 is 14.6 Å². The molecule has 4 nitrogen and oxygen atoms in total. The number of nitrogens with one attached hydrogen (secondary N) is 1. The molecule has 1 rings (SSSR count). The van der Waals surface area contributed by atoms with E-state index >= 15 is 0 Å². The lowest BCUT2D eigenvalue weighted by Crippen LogP contribution is -2.43. The van der Waals surface area contributed by atoms with Gasteiger partial charge in [-0.15, -0.1) is 0 Å². The fourth-order valence-electron chi connectivity index (χ4n) is 1.57. The van der Waals surface area contributed by atoms with Crippen molar-refractivity contribution in [2.24, 2.45) is 0 Å². The van der Waals surface area contributed by atoms with Crippen LogP contribution in [0.2, 0.25) is 0 Å². The SMILES string of the molecule is CNC(c1ccoc1)C(C)(C)S(C)(=O)=O. The highest BCUT2D eigenvalue weighted by atomic mass is 32.2. The topological polar surface area (TPSA) is 59.3 Å². The van der Waals surface area contributed by atoms with Crippen molar-refractivity contribution in [3.05, 3.63) is 24.2 Å². The first-order chi connectivity index (χ1) is 6.80. The van der Waals surface area contributed by atoms with E-state index in [1.54, 1.807) is 33.2 Å². The Morgan fingerprint density at radius 1 is 1.47 bits per heavy atom. The number of hydrogen-bond donors (Lipinski definition) is 1. The van der Waals surface area contributed by atoms with E-state index in [1.165, 1.54) is 12.5 Å². The lowest BCUT2D eigenvalue weighted by Gasteiger charge is -2.31. The van der Waals surface area contributed by atoms with Gasteiger partial charge in [0.15, 0.2) is 9.84 Å². The molecule has 0 saturated carbocycles. The Bertz CT molecular complexity index is 406. The smallest absolute Gasteiger partial charge is 0.154 e. The van der Waals surface area contributed by atoms with Gasteiger partial charge in [0.1, 0.15) is 0 Å². The minimum atomic E-state index is -3.14. The van der Waals surface area contributed by atoms with Crippen molar-refractivity contribution in [3.8, 4) is 0 Å². The predicted octanol–water partition coefficient (Wildman–Crippen LogP) is 1.36. The van der Waals surface area contributed by atoms with Crippen molar-refractivity contribution in [1.29, 1.82) is 0 Å². The maximum absolute atomic E-state index is 11.7. The third-order valence-corrected chi connectivity index (χ3v) is 4.96. The molecule has 1 heterocycles. The Morgan fingerprint density at radius 2 is 2.07 bits per heavy atom. The average molecular weight is 231 g/mol. The molecule has 0 saturated heterocycles. The van der Waals surface area contributed by atoms with Crippen LogP contribution in [0.4, 0.5) is 0 Å². The van der Waals surface area contributed by atoms with Crippen LogP contribution in [0.5, 0.6) is 0 Å². The number of rotatable bonds is 4. The Morgan fingerprint density at radius 3 is 2.40 bits per heavy atom. The fraction of sp³-hybridized carbons (Fsp3) is 0.600. The molecule has 0 amide bonds. The molecule has 0 spiro atoms. The van der Waals surface area contributed by atoms with Gasteiger partial charge in [0.25, 0.3) is 0 Å². The zero-order valence-electron chi connectivity index (χ0n) is 9.44. The van der Waals surface area contributed by atoms with Crippen LogP contribution >= 0.6 is 0 Å². The van der Waals surface area contributed by atoms with Crippen molar-refractivity contribution in [3.63, 3.8) is 0 Å². The van der Waals surface area contributed by atoms with Gasteiger partial charge in [-0.3, -0.25) is 0 Å². The van der Waals surface area contributed by atoms with Gasteiger partial charge >= 0.3 is 0 Å². The van der Waals surface area contributed by atoms with Crippen molar-refractivity contribution in [1.82, 2.24) is 5.32 Å². The molecule has 86 valence electrons. The normalized spacial score (nSPS) is 15.2. The van der Waals surface area contributed by atoms with E-state index in [-0.39, 0.29) is 6.04 Å². The van der Waals surface area contributed by atoms with Gasteiger partial charge in [-0.1, -0.05) is 0 Å². The lowest BCUT2D eigenvalue weighted by molar-refractivity contribution is 0.441. The van der Waals surface area contributed by atoms with E-state index in [1.807, 2.05) is 0 Å². The average Bonchev–Trinajstić information content (AvgIpc) is 2.55. The van der Waals surface area contributed by atoms with Crippen molar-refractivity contribution in [2.75, 3.05) is 13.3 Å². The van der Waals surface area contributed by atoms with Gasteiger partial charge in [0.05, 0.1) is 23.3 Å². The summed E-state index contributed by atoms with van der Waals surface area (Å²) in [5.41, 5.74) is 0.841. The fourth-order valence-corrected chi connectivity index (χ4v) is 2.25. The number of hydrogen-bond acceptors (Lipinski definition) is 4. The van der Waals surface area contributed by atoms with Gasteiger partial charge in [0, 0.05) is 11.8 Å². The van der Waals surface area contributed by atoms with Crippen LogP contribution in [-0.2, 0) is 9.84 Å². The molecule has 5 heteroatoms. The maximum atomic E-state index is 11.7. The second kappa shape index (κ2) is 3.98. The molecule has 1 atom stereocenters. The Balaban J connectivity index is 3.14. The van der Waals surface area contributed by atoms with Gasteiger partial charge in [-0.05, 0) is 27.0 Å². The van der Waals surface area contributed by atoms with Gasteiger partial charge < -0.3 is 9.73 Å². The summed E-state index contributed by atoms with van der Waals surface area (Å²) in [6.45, 7) is 3.41. The summed E-state index contributed by atoms with van der Waals surface area (Å²) >= 11 is 0.